The minimum atomic E-state index is -0.358. The van der Waals surface area contributed by atoms with E-state index in [0.717, 1.165) is 11.1 Å². The molecule has 3 N–H and O–H groups in total. The van der Waals surface area contributed by atoms with Crippen LogP contribution in [0, 0.1) is 12.7 Å². The molecule has 0 saturated carbocycles. The summed E-state index contributed by atoms with van der Waals surface area (Å²) in [6.45, 7) is 2.10. The summed E-state index contributed by atoms with van der Waals surface area (Å²) in [6, 6.07) is 10.3. The highest BCUT2D eigenvalue weighted by Gasteiger charge is 2.05. The molecule has 0 fully saturated rings. The second-order valence-corrected chi connectivity index (χ2v) is 4.43. The first-order valence-electron chi connectivity index (χ1n) is 6.13. The second kappa shape index (κ2) is 6.06. The number of carbonyl (C=O) groups is 1. The Morgan fingerprint density at radius 1 is 1.20 bits per heavy atom. The van der Waals surface area contributed by atoms with Crippen molar-refractivity contribution in [1.82, 2.24) is 5.32 Å². The van der Waals surface area contributed by atoms with Gasteiger partial charge in [-0.3, -0.25) is 0 Å². The van der Waals surface area contributed by atoms with Gasteiger partial charge in [0.05, 0.1) is 0 Å². The van der Waals surface area contributed by atoms with Crippen molar-refractivity contribution in [2.75, 3.05) is 5.32 Å². The molecule has 0 saturated heterocycles. The topological polar surface area (TPSA) is 61.4 Å². The lowest BCUT2D eigenvalue weighted by molar-refractivity contribution is 0.251. The predicted molar refractivity (Wildman–Crippen MR) is 75.1 cm³/mol. The third-order valence-electron chi connectivity index (χ3n) is 2.82. The number of hydrogen-bond acceptors (Lipinski definition) is 2. The molecule has 0 unspecified atom stereocenters. The van der Waals surface area contributed by atoms with Crippen LogP contribution < -0.4 is 10.6 Å². The van der Waals surface area contributed by atoms with Crippen molar-refractivity contribution in [1.29, 1.82) is 0 Å². The number of nitrogens with one attached hydrogen (secondary N) is 2. The smallest absolute Gasteiger partial charge is 0.319 e. The van der Waals surface area contributed by atoms with Crippen molar-refractivity contribution in [3.05, 3.63) is 59.4 Å². The molecule has 0 radical (unpaired) electrons. The molecule has 0 heterocycles. The molecule has 2 amide bonds. The maximum absolute atomic E-state index is 12.7. The molecule has 104 valence electrons. The fourth-order valence-electron chi connectivity index (χ4n) is 1.74. The molecule has 5 heteroatoms. The molecular formula is C15H15FN2O2. The molecule has 0 aliphatic carbocycles. The highest BCUT2D eigenvalue weighted by Crippen LogP contribution is 2.19. The Hall–Kier alpha value is -2.56. The Balaban J connectivity index is 1.90. The number of carbonyl (C=O) groups excluding carboxylic acids is 1. The third-order valence-corrected chi connectivity index (χ3v) is 2.82. The highest BCUT2D eigenvalue weighted by molar-refractivity contribution is 5.90. The van der Waals surface area contributed by atoms with Gasteiger partial charge in [0, 0.05) is 12.2 Å². The molecule has 2 aromatic rings. The van der Waals surface area contributed by atoms with Crippen molar-refractivity contribution < 1.29 is 14.3 Å². The standard InChI is InChI=1S/C15H15FN2O2/c1-10-8-13(19)6-7-14(10)18-15(20)17-9-11-2-4-12(16)5-3-11/h2-8,19H,9H2,1H3,(H2,17,18,20). The number of phenolic OH excluding ortho intramolecular Hbond substituents is 1. The lowest BCUT2D eigenvalue weighted by Gasteiger charge is -2.10. The largest absolute Gasteiger partial charge is 0.508 e. The fraction of sp³-hybridized carbons (Fsp3) is 0.133. The van der Waals surface area contributed by atoms with Gasteiger partial charge in [-0.05, 0) is 48.4 Å². The van der Waals surface area contributed by atoms with E-state index in [-0.39, 0.29) is 17.6 Å². The molecule has 0 aromatic heterocycles. The molecule has 0 atom stereocenters. The maximum Gasteiger partial charge on any atom is 0.319 e. The van der Waals surface area contributed by atoms with Crippen molar-refractivity contribution >= 4 is 11.7 Å². The maximum atomic E-state index is 12.7. The van der Waals surface area contributed by atoms with Gasteiger partial charge in [0.1, 0.15) is 11.6 Å². The number of rotatable bonds is 3. The quantitative estimate of drug-likeness (QED) is 0.753. The van der Waals surface area contributed by atoms with Crippen LogP contribution in [0.15, 0.2) is 42.5 Å². The summed E-state index contributed by atoms with van der Waals surface area (Å²) in [4.78, 5) is 11.7. The summed E-state index contributed by atoms with van der Waals surface area (Å²) in [6.07, 6.45) is 0. The van der Waals surface area contributed by atoms with Crippen LogP contribution in [0.2, 0.25) is 0 Å². The zero-order chi connectivity index (χ0) is 14.5. The van der Waals surface area contributed by atoms with Gasteiger partial charge in [-0.2, -0.15) is 0 Å². The van der Waals surface area contributed by atoms with Crippen molar-refractivity contribution in [2.24, 2.45) is 0 Å². The molecule has 4 nitrogen and oxygen atoms in total. The lowest BCUT2D eigenvalue weighted by atomic mass is 10.2. The molecule has 20 heavy (non-hydrogen) atoms. The van der Waals surface area contributed by atoms with E-state index < -0.39 is 0 Å². The molecule has 2 aromatic carbocycles. The number of aromatic hydroxyl groups is 1. The average molecular weight is 274 g/mol. The van der Waals surface area contributed by atoms with E-state index in [0.29, 0.717) is 12.2 Å². The van der Waals surface area contributed by atoms with Crippen molar-refractivity contribution in [2.45, 2.75) is 13.5 Å². The van der Waals surface area contributed by atoms with Crippen LogP contribution in [0.5, 0.6) is 5.75 Å². The van der Waals surface area contributed by atoms with Crippen LogP contribution in [0.4, 0.5) is 14.9 Å². The number of phenols is 1. The Morgan fingerprint density at radius 2 is 1.90 bits per heavy atom. The predicted octanol–water partition coefficient (Wildman–Crippen LogP) is 3.16. The minimum absolute atomic E-state index is 0.153. The average Bonchev–Trinajstić information content (AvgIpc) is 2.41. The SMILES string of the molecule is Cc1cc(O)ccc1NC(=O)NCc1ccc(F)cc1. The molecule has 0 aliphatic rings. The second-order valence-electron chi connectivity index (χ2n) is 4.43. The third kappa shape index (κ3) is 3.71. The van der Waals surface area contributed by atoms with Crippen molar-refractivity contribution in [3.63, 3.8) is 0 Å². The van der Waals surface area contributed by atoms with Gasteiger partial charge in [0.2, 0.25) is 0 Å². The first-order valence-corrected chi connectivity index (χ1v) is 6.13. The normalized spacial score (nSPS) is 10.1. The van der Waals surface area contributed by atoms with Crippen LogP contribution in [-0.4, -0.2) is 11.1 Å². The van der Waals surface area contributed by atoms with E-state index in [1.165, 1.54) is 18.2 Å². The van der Waals surface area contributed by atoms with Gasteiger partial charge in [-0.25, -0.2) is 9.18 Å². The number of hydrogen-bond donors (Lipinski definition) is 3. The van der Waals surface area contributed by atoms with Crippen LogP contribution in [0.3, 0.4) is 0 Å². The minimum Gasteiger partial charge on any atom is -0.508 e. The van der Waals surface area contributed by atoms with Crippen LogP contribution >= 0.6 is 0 Å². The molecular weight excluding hydrogens is 259 g/mol. The number of halogens is 1. The van der Waals surface area contributed by atoms with Crippen LogP contribution in [-0.2, 0) is 6.54 Å². The zero-order valence-electron chi connectivity index (χ0n) is 11.0. The highest BCUT2D eigenvalue weighted by atomic mass is 19.1. The summed E-state index contributed by atoms with van der Waals surface area (Å²) >= 11 is 0. The summed E-state index contributed by atoms with van der Waals surface area (Å²) in [5, 5.41) is 14.6. The molecule has 0 bridgehead atoms. The van der Waals surface area contributed by atoms with Crippen LogP contribution in [0.1, 0.15) is 11.1 Å². The Morgan fingerprint density at radius 3 is 2.55 bits per heavy atom. The summed E-state index contributed by atoms with van der Waals surface area (Å²) in [7, 11) is 0. The van der Waals surface area contributed by atoms with Gasteiger partial charge in [0.25, 0.3) is 0 Å². The monoisotopic (exact) mass is 274 g/mol. The lowest BCUT2D eigenvalue weighted by Crippen LogP contribution is -2.28. The Kier molecular flexibility index (Phi) is 4.20. The number of amides is 2. The Labute approximate surface area is 116 Å². The van der Waals surface area contributed by atoms with Crippen LogP contribution in [0.25, 0.3) is 0 Å². The van der Waals surface area contributed by atoms with E-state index >= 15 is 0 Å². The first-order chi connectivity index (χ1) is 9.54. The van der Waals surface area contributed by atoms with E-state index in [1.807, 2.05) is 0 Å². The summed E-state index contributed by atoms with van der Waals surface area (Å²) in [5.41, 5.74) is 2.20. The molecule has 0 spiro atoms. The van der Waals surface area contributed by atoms with E-state index in [2.05, 4.69) is 10.6 Å². The molecule has 0 aliphatic heterocycles. The number of aryl methyl sites for hydroxylation is 1. The fourth-order valence-corrected chi connectivity index (χ4v) is 1.74. The number of urea groups is 1. The molecule has 2 rings (SSSR count). The number of anilines is 1. The number of benzene rings is 2. The van der Waals surface area contributed by atoms with Gasteiger partial charge >= 0.3 is 6.03 Å². The van der Waals surface area contributed by atoms with E-state index in [9.17, 15) is 14.3 Å². The van der Waals surface area contributed by atoms with Gasteiger partial charge in [-0.15, -0.1) is 0 Å². The summed E-state index contributed by atoms with van der Waals surface area (Å²) in [5.74, 6) is -0.155. The van der Waals surface area contributed by atoms with Crippen molar-refractivity contribution in [3.8, 4) is 5.75 Å². The van der Waals surface area contributed by atoms with Gasteiger partial charge in [-0.1, -0.05) is 12.1 Å². The first kappa shape index (κ1) is 13.9. The Bertz CT molecular complexity index is 612. The van der Waals surface area contributed by atoms with E-state index in [1.54, 1.807) is 31.2 Å². The van der Waals surface area contributed by atoms with E-state index in [4.69, 9.17) is 0 Å². The van der Waals surface area contributed by atoms with Gasteiger partial charge in [0.15, 0.2) is 0 Å². The summed E-state index contributed by atoms with van der Waals surface area (Å²) < 4.78 is 12.7. The zero-order valence-corrected chi connectivity index (χ0v) is 11.0. The van der Waals surface area contributed by atoms with Gasteiger partial charge < -0.3 is 15.7 Å².